The monoisotopic (exact) mass is 368 g/mol. The minimum Gasteiger partial charge on any atom is -0.0654 e. The first-order valence-corrected chi connectivity index (χ1v) is 12.9. The number of hydrogen-bond acceptors (Lipinski definition) is 0. The maximum Gasteiger partial charge on any atom is 0.0113 e. The van der Waals surface area contributed by atoms with Gasteiger partial charge in [0.05, 0.1) is 0 Å². The lowest BCUT2D eigenvalue weighted by atomic mass is 9.80. The number of hydrogen-bond donors (Lipinski definition) is 0. The Kier molecular flexibility index (Phi) is 16.5. The molecule has 0 N–H and O–H groups in total. The smallest absolute Gasteiger partial charge is 0.0113 e. The molecular formula is C24H52Si. The van der Waals surface area contributed by atoms with E-state index in [0.29, 0.717) is 5.04 Å². The predicted octanol–water partition coefficient (Wildman–Crippen LogP) is 8.08. The maximum atomic E-state index is 2.44. The van der Waals surface area contributed by atoms with Gasteiger partial charge in [0.2, 0.25) is 0 Å². The van der Waals surface area contributed by atoms with Crippen LogP contribution in [0.3, 0.4) is 0 Å². The van der Waals surface area contributed by atoms with E-state index in [4.69, 9.17) is 0 Å². The lowest BCUT2D eigenvalue weighted by Gasteiger charge is -2.38. The van der Waals surface area contributed by atoms with E-state index >= 15 is 0 Å². The third kappa shape index (κ3) is 13.1. The second-order valence-corrected chi connectivity index (χ2v) is 11.4. The lowest BCUT2D eigenvalue weighted by Crippen LogP contribution is -2.26. The van der Waals surface area contributed by atoms with Gasteiger partial charge in [0.25, 0.3) is 0 Å². The summed E-state index contributed by atoms with van der Waals surface area (Å²) in [4.78, 5) is 0. The summed E-state index contributed by atoms with van der Waals surface area (Å²) in [6.45, 7) is 12.1. The van der Waals surface area contributed by atoms with Crippen molar-refractivity contribution >= 4 is 10.2 Å². The molecule has 0 fully saturated rings. The molecule has 152 valence electrons. The van der Waals surface area contributed by atoms with Gasteiger partial charge in [0.1, 0.15) is 0 Å². The molecule has 0 amide bonds. The molecule has 0 radical (unpaired) electrons. The molecule has 1 heteroatoms. The van der Waals surface area contributed by atoms with Gasteiger partial charge in [-0.25, -0.2) is 0 Å². The Morgan fingerprint density at radius 2 is 0.800 bits per heavy atom. The molecule has 0 nitrogen and oxygen atoms in total. The van der Waals surface area contributed by atoms with Crippen LogP contribution in [-0.2, 0) is 0 Å². The third-order valence-corrected chi connectivity index (χ3v) is 9.77. The van der Waals surface area contributed by atoms with Crippen LogP contribution >= 0.6 is 0 Å². The SMILES string of the molecule is CCCCCCCCCCCCCCCCCC([SiH3])(C(C)C)C(C)C. The van der Waals surface area contributed by atoms with E-state index in [-0.39, 0.29) is 0 Å². The predicted molar refractivity (Wildman–Crippen MR) is 122 cm³/mol. The first-order valence-electron chi connectivity index (χ1n) is 11.9. The van der Waals surface area contributed by atoms with Crippen molar-refractivity contribution in [1.82, 2.24) is 0 Å². The average Bonchev–Trinajstić information content (AvgIpc) is 2.57. The highest BCUT2D eigenvalue weighted by Gasteiger charge is 2.30. The first kappa shape index (κ1) is 25.2. The van der Waals surface area contributed by atoms with Crippen molar-refractivity contribution in [1.29, 1.82) is 0 Å². The van der Waals surface area contributed by atoms with Crippen LogP contribution in [-0.4, -0.2) is 10.2 Å². The van der Waals surface area contributed by atoms with E-state index in [9.17, 15) is 0 Å². The molecule has 0 aromatic rings. The molecule has 0 unspecified atom stereocenters. The van der Waals surface area contributed by atoms with Gasteiger partial charge in [-0.15, -0.1) is 0 Å². The fourth-order valence-electron chi connectivity index (χ4n) is 4.12. The van der Waals surface area contributed by atoms with E-state index in [0.717, 1.165) is 11.8 Å². The summed E-state index contributed by atoms with van der Waals surface area (Å²) in [7, 11) is 1.36. The van der Waals surface area contributed by atoms with Crippen molar-refractivity contribution in [3.05, 3.63) is 0 Å². The highest BCUT2D eigenvalue weighted by Crippen LogP contribution is 2.44. The van der Waals surface area contributed by atoms with Gasteiger partial charge in [-0.3, -0.25) is 0 Å². The Bertz CT molecular complexity index is 261. The Morgan fingerprint density at radius 3 is 1.08 bits per heavy atom. The molecule has 0 saturated carbocycles. The minimum atomic E-state index is 0.677. The van der Waals surface area contributed by atoms with Crippen molar-refractivity contribution in [2.45, 2.75) is 142 Å². The summed E-state index contributed by atoms with van der Waals surface area (Å²) in [6, 6.07) is 0. The molecule has 0 aromatic carbocycles. The zero-order valence-electron chi connectivity index (χ0n) is 19.0. The maximum absolute atomic E-state index is 2.44. The van der Waals surface area contributed by atoms with E-state index in [1.54, 1.807) is 0 Å². The number of unbranched alkanes of at least 4 members (excludes halogenated alkanes) is 14. The van der Waals surface area contributed by atoms with Crippen LogP contribution in [0.5, 0.6) is 0 Å². The Labute approximate surface area is 164 Å². The van der Waals surface area contributed by atoms with E-state index in [2.05, 4.69) is 34.6 Å². The third-order valence-electron chi connectivity index (χ3n) is 6.96. The molecule has 0 heterocycles. The molecule has 0 spiro atoms. The van der Waals surface area contributed by atoms with Gasteiger partial charge in [0, 0.05) is 10.2 Å². The van der Waals surface area contributed by atoms with Crippen molar-refractivity contribution in [2.75, 3.05) is 0 Å². The van der Waals surface area contributed by atoms with Crippen LogP contribution in [0.4, 0.5) is 0 Å². The standard InChI is InChI=1S/C24H52Si/c1-6-7-8-9-10-11-12-13-14-15-16-17-18-19-20-21-24(25,22(2)3)23(4)5/h22-23H,6-21H2,1-5,25H3. The fraction of sp³-hybridized carbons (Fsp3) is 1.00. The van der Waals surface area contributed by atoms with Crippen molar-refractivity contribution < 1.29 is 0 Å². The van der Waals surface area contributed by atoms with Crippen molar-refractivity contribution in [3.63, 3.8) is 0 Å². The van der Waals surface area contributed by atoms with Gasteiger partial charge in [-0.2, -0.15) is 0 Å². The Balaban J connectivity index is 3.34. The molecule has 0 saturated heterocycles. The first-order chi connectivity index (χ1) is 11.9. The quantitative estimate of drug-likeness (QED) is 0.169. The van der Waals surface area contributed by atoms with E-state index in [1.165, 1.54) is 113 Å². The van der Waals surface area contributed by atoms with E-state index < -0.39 is 0 Å². The fourth-order valence-corrected chi connectivity index (χ4v) is 4.47. The van der Waals surface area contributed by atoms with Crippen molar-refractivity contribution in [3.8, 4) is 0 Å². The topological polar surface area (TPSA) is 0 Å². The summed E-state index contributed by atoms with van der Waals surface area (Å²) in [5.74, 6) is 1.73. The highest BCUT2D eigenvalue weighted by molar-refractivity contribution is 6.15. The molecule has 0 aliphatic heterocycles. The molecule has 0 aliphatic rings. The zero-order valence-corrected chi connectivity index (χ0v) is 21.0. The minimum absolute atomic E-state index is 0.677. The summed E-state index contributed by atoms with van der Waals surface area (Å²) in [5, 5.41) is 0.677. The van der Waals surface area contributed by atoms with Gasteiger partial charge >= 0.3 is 0 Å². The molecule has 0 atom stereocenters. The molecule has 0 aliphatic carbocycles. The summed E-state index contributed by atoms with van der Waals surface area (Å²) in [5.41, 5.74) is 0. The average molecular weight is 369 g/mol. The van der Waals surface area contributed by atoms with Crippen LogP contribution in [0.25, 0.3) is 0 Å². The van der Waals surface area contributed by atoms with Gasteiger partial charge in [-0.1, -0.05) is 137 Å². The number of rotatable bonds is 18. The summed E-state index contributed by atoms with van der Waals surface area (Å²) >= 11 is 0. The van der Waals surface area contributed by atoms with E-state index in [1.807, 2.05) is 0 Å². The van der Waals surface area contributed by atoms with Gasteiger partial charge in [0.15, 0.2) is 0 Å². The largest absolute Gasteiger partial charge is 0.0654 e. The summed E-state index contributed by atoms with van der Waals surface area (Å²) < 4.78 is 0. The Morgan fingerprint density at radius 1 is 0.520 bits per heavy atom. The van der Waals surface area contributed by atoms with Crippen LogP contribution in [0, 0.1) is 11.8 Å². The van der Waals surface area contributed by atoms with Gasteiger partial charge in [-0.05, 0) is 16.9 Å². The van der Waals surface area contributed by atoms with Crippen LogP contribution in [0.15, 0.2) is 0 Å². The molecule has 0 bridgehead atoms. The molecular weight excluding hydrogens is 316 g/mol. The molecule has 25 heavy (non-hydrogen) atoms. The Hall–Kier alpha value is 0.217. The molecule has 0 aromatic heterocycles. The van der Waals surface area contributed by atoms with Gasteiger partial charge < -0.3 is 0 Å². The van der Waals surface area contributed by atoms with Crippen LogP contribution in [0.1, 0.15) is 137 Å². The zero-order chi connectivity index (χ0) is 19.0. The second kappa shape index (κ2) is 16.4. The molecule has 0 rings (SSSR count). The second-order valence-electron chi connectivity index (χ2n) is 9.51. The highest BCUT2D eigenvalue weighted by atomic mass is 28.1. The normalized spacial score (nSPS) is 12.6. The lowest BCUT2D eigenvalue weighted by molar-refractivity contribution is 0.284. The van der Waals surface area contributed by atoms with Crippen LogP contribution in [0.2, 0.25) is 5.04 Å². The summed E-state index contributed by atoms with van der Waals surface area (Å²) in [6.07, 6.45) is 23.5. The van der Waals surface area contributed by atoms with Crippen molar-refractivity contribution in [2.24, 2.45) is 11.8 Å². The van der Waals surface area contributed by atoms with Crippen LogP contribution < -0.4 is 0 Å².